The summed E-state index contributed by atoms with van der Waals surface area (Å²) in [6, 6.07) is 0. The van der Waals surface area contributed by atoms with Gasteiger partial charge in [-0.3, -0.25) is 0 Å². The van der Waals surface area contributed by atoms with Gasteiger partial charge in [0, 0.05) is 11.9 Å². The molecule has 0 aliphatic carbocycles. The van der Waals surface area contributed by atoms with E-state index in [1.54, 1.807) is 0 Å². The molecule has 1 atom stereocenters. The molecule has 1 aliphatic heterocycles. The summed E-state index contributed by atoms with van der Waals surface area (Å²) in [7, 11) is 2.24. The maximum Gasteiger partial charge on any atom is 0.00314 e. The van der Waals surface area contributed by atoms with Gasteiger partial charge >= 0.3 is 0 Å². The monoisotopic (exact) mass is 219 g/mol. The quantitative estimate of drug-likeness (QED) is 0.660. The Bertz CT molecular complexity index is 106. The number of likely N-dealkylation sites (tertiary alicyclic amines) is 1. The second-order valence-electron chi connectivity index (χ2n) is 3.60. The average Bonchev–Trinajstić information content (AvgIpc) is 2.01. The van der Waals surface area contributed by atoms with Crippen LogP contribution >= 0.6 is 15.9 Å². The van der Waals surface area contributed by atoms with Crippen LogP contribution in [-0.2, 0) is 0 Å². The number of rotatable bonds is 3. The molecule has 0 N–H and O–H groups in total. The maximum absolute atomic E-state index is 3.48. The average molecular weight is 220 g/mol. The molecule has 0 saturated carbocycles. The lowest BCUT2D eigenvalue weighted by atomic mass is 9.94. The van der Waals surface area contributed by atoms with Crippen molar-refractivity contribution in [2.45, 2.75) is 25.7 Å². The van der Waals surface area contributed by atoms with E-state index in [4.69, 9.17) is 0 Å². The van der Waals surface area contributed by atoms with E-state index in [1.165, 1.54) is 44.1 Å². The lowest BCUT2D eigenvalue weighted by molar-refractivity contribution is 0.202. The maximum atomic E-state index is 3.48. The van der Waals surface area contributed by atoms with E-state index in [-0.39, 0.29) is 0 Å². The predicted octanol–water partition coefficient (Wildman–Crippen LogP) is 2.50. The van der Waals surface area contributed by atoms with E-state index in [2.05, 4.69) is 27.9 Å². The molecule has 11 heavy (non-hydrogen) atoms. The molecule has 0 aromatic carbocycles. The van der Waals surface area contributed by atoms with Gasteiger partial charge in [-0.15, -0.1) is 0 Å². The summed E-state index contributed by atoms with van der Waals surface area (Å²) in [6.45, 7) is 2.64. The van der Waals surface area contributed by atoms with Crippen LogP contribution in [0.5, 0.6) is 0 Å². The second-order valence-corrected chi connectivity index (χ2v) is 4.39. The number of piperidine rings is 1. The van der Waals surface area contributed by atoms with Crippen LogP contribution < -0.4 is 0 Å². The normalized spacial score (nSPS) is 27.3. The van der Waals surface area contributed by atoms with E-state index < -0.39 is 0 Å². The molecule has 1 heterocycles. The third-order valence-corrected chi connectivity index (χ3v) is 3.03. The van der Waals surface area contributed by atoms with Gasteiger partial charge in [0.1, 0.15) is 0 Å². The highest BCUT2D eigenvalue weighted by molar-refractivity contribution is 9.09. The van der Waals surface area contributed by atoms with Crippen molar-refractivity contribution >= 4 is 15.9 Å². The van der Waals surface area contributed by atoms with E-state index >= 15 is 0 Å². The summed E-state index contributed by atoms with van der Waals surface area (Å²) in [4.78, 5) is 2.46. The molecule has 0 spiro atoms. The first kappa shape index (κ1) is 9.53. The smallest absolute Gasteiger partial charge is 0.00314 e. The van der Waals surface area contributed by atoms with Crippen molar-refractivity contribution in [1.29, 1.82) is 0 Å². The summed E-state index contributed by atoms with van der Waals surface area (Å²) in [5.41, 5.74) is 0. The minimum Gasteiger partial charge on any atom is -0.306 e. The van der Waals surface area contributed by atoms with Gasteiger partial charge in [0.05, 0.1) is 0 Å². The molecule has 1 fully saturated rings. The van der Waals surface area contributed by atoms with E-state index in [0.29, 0.717) is 0 Å². The molecule has 2 heteroatoms. The number of halogens is 1. The Labute approximate surface area is 78.3 Å². The summed E-state index contributed by atoms with van der Waals surface area (Å²) >= 11 is 3.48. The van der Waals surface area contributed by atoms with Crippen LogP contribution in [0.2, 0.25) is 0 Å². The van der Waals surface area contributed by atoms with Gasteiger partial charge in [-0.1, -0.05) is 15.9 Å². The number of nitrogens with zero attached hydrogens (tertiary/aromatic N) is 1. The van der Waals surface area contributed by atoms with E-state index in [1.807, 2.05) is 0 Å². The first-order valence-electron chi connectivity index (χ1n) is 4.57. The van der Waals surface area contributed by atoms with Crippen molar-refractivity contribution in [2.75, 3.05) is 25.5 Å². The lowest BCUT2D eigenvalue weighted by Gasteiger charge is -2.29. The molecular formula is C9H18BrN. The molecule has 0 aromatic rings. The molecule has 1 unspecified atom stereocenters. The van der Waals surface area contributed by atoms with Crippen LogP contribution in [-0.4, -0.2) is 30.4 Å². The van der Waals surface area contributed by atoms with Gasteiger partial charge in [0.25, 0.3) is 0 Å². The van der Waals surface area contributed by atoms with Crippen molar-refractivity contribution < 1.29 is 0 Å². The highest BCUT2D eigenvalue weighted by Gasteiger charge is 2.15. The fraction of sp³-hybridized carbons (Fsp3) is 1.00. The molecule has 1 saturated heterocycles. The zero-order valence-electron chi connectivity index (χ0n) is 7.35. The molecule has 0 bridgehead atoms. The van der Waals surface area contributed by atoms with Crippen molar-refractivity contribution in [3.05, 3.63) is 0 Å². The van der Waals surface area contributed by atoms with Crippen LogP contribution in [0.4, 0.5) is 0 Å². The van der Waals surface area contributed by atoms with Gasteiger partial charge in [-0.2, -0.15) is 0 Å². The third kappa shape index (κ3) is 3.57. The molecule has 1 aliphatic rings. The minimum atomic E-state index is 0.978. The van der Waals surface area contributed by atoms with Crippen LogP contribution in [0.1, 0.15) is 25.7 Å². The summed E-state index contributed by atoms with van der Waals surface area (Å²) < 4.78 is 0. The Balaban J connectivity index is 2.12. The topological polar surface area (TPSA) is 3.24 Å². The Morgan fingerprint density at radius 1 is 1.55 bits per heavy atom. The molecular weight excluding hydrogens is 202 g/mol. The summed E-state index contributed by atoms with van der Waals surface area (Å²) in [6.07, 6.45) is 5.62. The SMILES string of the molecule is CN1CCCC(CCCBr)C1. The summed E-state index contributed by atoms with van der Waals surface area (Å²) in [5, 5.41) is 1.17. The van der Waals surface area contributed by atoms with Gasteiger partial charge in [-0.25, -0.2) is 0 Å². The van der Waals surface area contributed by atoms with Crippen molar-refractivity contribution in [2.24, 2.45) is 5.92 Å². The zero-order valence-corrected chi connectivity index (χ0v) is 8.94. The van der Waals surface area contributed by atoms with Crippen LogP contribution in [0.3, 0.4) is 0 Å². The number of hydrogen-bond acceptors (Lipinski definition) is 1. The largest absolute Gasteiger partial charge is 0.306 e. The minimum absolute atomic E-state index is 0.978. The second kappa shape index (κ2) is 5.15. The van der Waals surface area contributed by atoms with Crippen LogP contribution in [0.25, 0.3) is 0 Å². The predicted molar refractivity (Wildman–Crippen MR) is 53.2 cm³/mol. The standard InChI is InChI=1S/C9H18BrN/c1-11-7-3-5-9(8-11)4-2-6-10/h9H,2-8H2,1H3. The Morgan fingerprint density at radius 3 is 3.00 bits per heavy atom. The molecule has 0 amide bonds. The first-order chi connectivity index (χ1) is 5.33. The Hall–Kier alpha value is 0.440. The van der Waals surface area contributed by atoms with Crippen LogP contribution in [0, 0.1) is 5.92 Å². The Morgan fingerprint density at radius 2 is 2.36 bits per heavy atom. The fourth-order valence-electron chi connectivity index (χ4n) is 1.87. The molecule has 66 valence electrons. The van der Waals surface area contributed by atoms with Gasteiger partial charge in [0.2, 0.25) is 0 Å². The highest BCUT2D eigenvalue weighted by atomic mass is 79.9. The number of hydrogen-bond donors (Lipinski definition) is 0. The van der Waals surface area contributed by atoms with E-state index in [9.17, 15) is 0 Å². The highest BCUT2D eigenvalue weighted by Crippen LogP contribution is 2.19. The van der Waals surface area contributed by atoms with Crippen molar-refractivity contribution in [3.63, 3.8) is 0 Å². The van der Waals surface area contributed by atoms with Gasteiger partial charge in [0.15, 0.2) is 0 Å². The molecule has 0 radical (unpaired) electrons. The van der Waals surface area contributed by atoms with Crippen molar-refractivity contribution in [1.82, 2.24) is 4.90 Å². The zero-order chi connectivity index (χ0) is 8.10. The molecule has 0 aromatic heterocycles. The van der Waals surface area contributed by atoms with Gasteiger partial charge < -0.3 is 4.90 Å². The molecule has 1 nitrogen and oxygen atoms in total. The summed E-state index contributed by atoms with van der Waals surface area (Å²) in [5.74, 6) is 0.978. The van der Waals surface area contributed by atoms with Gasteiger partial charge in [-0.05, 0) is 45.2 Å². The first-order valence-corrected chi connectivity index (χ1v) is 5.69. The van der Waals surface area contributed by atoms with E-state index in [0.717, 1.165) is 5.92 Å². The third-order valence-electron chi connectivity index (χ3n) is 2.47. The van der Waals surface area contributed by atoms with Crippen molar-refractivity contribution in [3.8, 4) is 0 Å². The lowest BCUT2D eigenvalue weighted by Crippen LogP contribution is -2.31. The fourth-order valence-corrected chi connectivity index (χ4v) is 2.20. The van der Waals surface area contributed by atoms with Crippen LogP contribution in [0.15, 0.2) is 0 Å². The number of alkyl halides is 1. The Kier molecular flexibility index (Phi) is 4.46. The molecule has 1 rings (SSSR count).